The molecule has 6 aliphatic rings. The minimum absolute atomic E-state index is 0.0424. The van der Waals surface area contributed by atoms with E-state index in [4.69, 9.17) is 19.9 Å². The summed E-state index contributed by atoms with van der Waals surface area (Å²) >= 11 is 7.39. The SMILES string of the molecule is Brc1ccc2c(c1)C1(c3cc(Br)ccc3-2)c2cccnc2-c2ncccc21.CCCCC(CC)CC1(CC(CC)CCCC)c2cc(C)ccc2-c2ccc(-c3ccc4c(c3)C3(c5cc(-c6ccc7c(c6)C(CC(CC)CCCC)(CC(CC)CCCC)c6cc(C)ccc6-7)ccc5-4)c4cccnc4-c4ncccc43)cc21. The molecule has 6 aliphatic carbocycles. The Balaban J connectivity index is 0.000000280. The van der Waals surface area contributed by atoms with E-state index in [2.05, 4.69) is 283 Å². The van der Waals surface area contributed by atoms with E-state index in [0.29, 0.717) is 23.7 Å². The summed E-state index contributed by atoms with van der Waals surface area (Å²) in [5.41, 5.74) is 38.3. The van der Waals surface area contributed by atoms with Crippen LogP contribution in [0.3, 0.4) is 0 Å². The Morgan fingerprint density at radius 2 is 0.509 bits per heavy atom. The molecule has 0 amide bonds. The van der Waals surface area contributed by atoms with Crippen molar-refractivity contribution in [2.75, 3.05) is 0 Å². The Hall–Kier alpha value is -8.68. The van der Waals surface area contributed by atoms with Crippen LogP contribution in [-0.4, -0.2) is 19.9 Å². The molecule has 0 N–H and O–H groups in total. The minimum atomic E-state index is -0.602. The third-order valence-corrected chi connectivity index (χ3v) is 28.9. The summed E-state index contributed by atoms with van der Waals surface area (Å²) in [5, 5.41) is 0. The maximum atomic E-state index is 5.22. The summed E-state index contributed by atoms with van der Waals surface area (Å²) < 4.78 is 2.16. The van der Waals surface area contributed by atoms with Gasteiger partial charge in [0, 0.05) is 44.6 Å². The summed E-state index contributed by atoms with van der Waals surface area (Å²) in [6.07, 6.45) is 32.8. The van der Waals surface area contributed by atoms with Gasteiger partial charge in [0.1, 0.15) is 0 Å². The van der Waals surface area contributed by atoms with Crippen LogP contribution in [0, 0.1) is 37.5 Å². The van der Waals surface area contributed by atoms with Gasteiger partial charge in [0.15, 0.2) is 0 Å². The number of unbranched alkanes of at least 4 members (excludes halogenated alkanes) is 4. The molecule has 4 unspecified atom stereocenters. The first kappa shape index (κ1) is 76.0. The molecule has 18 rings (SSSR count). The molecule has 0 aliphatic heterocycles. The molecule has 4 nitrogen and oxygen atoms in total. The molecule has 0 saturated heterocycles. The second kappa shape index (κ2) is 31.3. The number of benzene rings is 8. The first-order chi connectivity index (χ1) is 54.7. The number of rotatable bonds is 26. The average Bonchev–Trinajstić information content (AvgIpc) is 1.52. The van der Waals surface area contributed by atoms with Crippen LogP contribution in [0.2, 0.25) is 0 Å². The van der Waals surface area contributed by atoms with E-state index in [1.807, 2.05) is 36.9 Å². The Bertz CT molecular complexity index is 5180. The van der Waals surface area contributed by atoms with Crippen molar-refractivity contribution < 1.29 is 0 Å². The smallest absolute Gasteiger partial charge is 0.0937 e. The van der Waals surface area contributed by atoms with Crippen LogP contribution in [0.1, 0.15) is 262 Å². The fourth-order valence-electron chi connectivity index (χ4n) is 22.4. The molecular formula is C106H110Br2N4. The van der Waals surface area contributed by atoms with Crippen molar-refractivity contribution in [2.24, 2.45) is 23.7 Å². The summed E-state index contributed by atoms with van der Waals surface area (Å²) in [6, 6.07) is 75.9. The van der Waals surface area contributed by atoms with Gasteiger partial charge in [0.25, 0.3) is 0 Å². The van der Waals surface area contributed by atoms with Crippen molar-refractivity contribution in [1.29, 1.82) is 0 Å². The highest BCUT2D eigenvalue weighted by atomic mass is 79.9. The number of fused-ring (bicyclic) bond motifs is 26. The highest BCUT2D eigenvalue weighted by Gasteiger charge is 2.56. The van der Waals surface area contributed by atoms with E-state index >= 15 is 0 Å². The van der Waals surface area contributed by atoms with Crippen molar-refractivity contribution in [2.45, 2.75) is 219 Å². The van der Waals surface area contributed by atoms with Crippen molar-refractivity contribution in [3.05, 3.63) is 306 Å². The zero-order valence-corrected chi connectivity index (χ0v) is 71.0. The molecule has 6 heteroatoms. The van der Waals surface area contributed by atoms with Gasteiger partial charge in [-0.1, -0.05) is 322 Å². The largest absolute Gasteiger partial charge is 0.254 e. The highest BCUT2D eigenvalue weighted by Crippen LogP contribution is 2.66. The molecule has 12 aromatic rings. The highest BCUT2D eigenvalue weighted by molar-refractivity contribution is 9.10. The lowest BCUT2D eigenvalue weighted by atomic mass is 9.64. The molecule has 568 valence electrons. The Morgan fingerprint density at radius 1 is 0.268 bits per heavy atom. The van der Waals surface area contributed by atoms with Crippen molar-refractivity contribution in [1.82, 2.24) is 19.9 Å². The quantitative estimate of drug-likeness (QED) is 0.0542. The van der Waals surface area contributed by atoms with Crippen molar-refractivity contribution in [3.8, 4) is 89.5 Å². The summed E-state index contributed by atoms with van der Waals surface area (Å²) in [5.74, 6) is 2.69. The summed E-state index contributed by atoms with van der Waals surface area (Å²) in [6.45, 7) is 24.0. The van der Waals surface area contributed by atoms with E-state index in [-0.39, 0.29) is 16.2 Å². The number of pyridine rings is 4. The second-order valence-corrected chi connectivity index (χ2v) is 36.1. The molecular weight excluding hydrogens is 1490 g/mol. The normalized spacial score (nSPS) is 17.5. The number of halogens is 2. The Kier molecular flexibility index (Phi) is 21.2. The van der Waals surface area contributed by atoms with Gasteiger partial charge in [-0.15, -0.1) is 0 Å². The van der Waals surface area contributed by atoms with Crippen LogP contribution in [0.15, 0.2) is 228 Å². The van der Waals surface area contributed by atoms with Gasteiger partial charge in [0.05, 0.1) is 33.6 Å². The Morgan fingerprint density at radius 3 is 0.786 bits per heavy atom. The third kappa shape index (κ3) is 12.4. The number of nitrogens with zero attached hydrogens (tertiary/aromatic N) is 4. The predicted octanol–water partition coefficient (Wildman–Crippen LogP) is 30.1. The molecule has 0 bridgehead atoms. The van der Waals surface area contributed by atoms with Gasteiger partial charge in [-0.3, -0.25) is 19.9 Å². The maximum absolute atomic E-state index is 5.22. The lowest BCUT2D eigenvalue weighted by Gasteiger charge is -2.39. The average molecular weight is 1600 g/mol. The van der Waals surface area contributed by atoms with Gasteiger partial charge in [-0.25, -0.2) is 0 Å². The molecule has 4 heterocycles. The van der Waals surface area contributed by atoms with Gasteiger partial charge < -0.3 is 0 Å². The number of hydrogen-bond donors (Lipinski definition) is 0. The van der Waals surface area contributed by atoms with E-state index in [0.717, 1.165) is 31.7 Å². The zero-order valence-electron chi connectivity index (χ0n) is 67.8. The Labute approximate surface area is 685 Å². The third-order valence-electron chi connectivity index (χ3n) is 27.9. The first-order valence-electron chi connectivity index (χ1n) is 43.0. The standard InChI is InChI=1S/C83H98N2.C23H12Br2N2/c1-11-19-25-57(15-5)51-81(52-58(16-6)26-20-12-2)73-45-55(9)31-37-65(73)67-39-33-61(47-75(67)81)63-35-41-69-70-42-36-64(50-78(70)83(77(69)49-63)71-29-23-43-84-79(71)80-72(83)30-24-44-85-80)62-34-40-68-66-38-32-56(10)46-74(66)82(76(68)48-62,53-59(17-7)27-21-13-3)54-60(18-8)28-22-14-4;24-13-5-7-15-16-8-6-14(25)12-20(16)23(19(15)11-13)17-3-1-9-26-21(17)22-18(23)4-2-10-27-22/h23-24,29-50,57-60H,11-22,25-28,51-54H2,1-10H3;1-12H. The van der Waals surface area contributed by atoms with Crippen molar-refractivity contribution in [3.63, 3.8) is 0 Å². The number of hydrogen-bond acceptors (Lipinski definition) is 4. The molecule has 0 saturated carbocycles. The van der Waals surface area contributed by atoms with Gasteiger partial charge in [-0.05, 0) is 270 Å². The van der Waals surface area contributed by atoms with Gasteiger partial charge >= 0.3 is 0 Å². The first-order valence-corrected chi connectivity index (χ1v) is 44.6. The topological polar surface area (TPSA) is 51.6 Å². The van der Waals surface area contributed by atoms with Crippen LogP contribution < -0.4 is 0 Å². The summed E-state index contributed by atoms with van der Waals surface area (Å²) in [7, 11) is 0. The maximum Gasteiger partial charge on any atom is 0.0937 e. The van der Waals surface area contributed by atoms with Gasteiger partial charge in [-0.2, -0.15) is 0 Å². The fourth-order valence-corrected chi connectivity index (χ4v) is 23.1. The molecule has 4 atom stereocenters. The fraction of sp³-hybridized carbons (Fsp3) is 0.358. The van der Waals surface area contributed by atoms with E-state index in [1.165, 1.54) is 251 Å². The van der Waals surface area contributed by atoms with Crippen LogP contribution in [0.25, 0.3) is 89.5 Å². The molecule has 0 radical (unpaired) electrons. The predicted molar refractivity (Wildman–Crippen MR) is 477 cm³/mol. The van der Waals surface area contributed by atoms with E-state index in [9.17, 15) is 0 Å². The van der Waals surface area contributed by atoms with Crippen LogP contribution in [0.5, 0.6) is 0 Å². The lowest BCUT2D eigenvalue weighted by molar-refractivity contribution is 0.266. The molecule has 112 heavy (non-hydrogen) atoms. The van der Waals surface area contributed by atoms with Crippen LogP contribution in [-0.2, 0) is 21.7 Å². The second-order valence-electron chi connectivity index (χ2n) is 34.3. The minimum Gasteiger partial charge on any atom is -0.254 e. The van der Waals surface area contributed by atoms with Gasteiger partial charge in [0.2, 0.25) is 0 Å². The van der Waals surface area contributed by atoms with Crippen molar-refractivity contribution >= 4 is 31.9 Å². The summed E-state index contributed by atoms with van der Waals surface area (Å²) in [4.78, 5) is 19.9. The molecule has 0 fully saturated rings. The lowest BCUT2D eigenvalue weighted by Crippen LogP contribution is -2.31. The number of aromatic nitrogens is 4. The molecule has 8 aromatic carbocycles. The molecule has 2 spiro atoms. The molecule has 4 aromatic heterocycles. The monoisotopic (exact) mass is 1600 g/mol. The zero-order chi connectivity index (χ0) is 77.2. The van der Waals surface area contributed by atoms with E-state index < -0.39 is 5.41 Å². The van der Waals surface area contributed by atoms with Crippen LogP contribution in [0.4, 0.5) is 0 Å². The number of aryl methyl sites for hydroxylation is 2. The van der Waals surface area contributed by atoms with Crippen LogP contribution >= 0.6 is 31.9 Å². The van der Waals surface area contributed by atoms with E-state index in [1.54, 1.807) is 22.3 Å².